The van der Waals surface area contributed by atoms with Crippen LogP contribution in [0, 0.1) is 5.41 Å². The summed E-state index contributed by atoms with van der Waals surface area (Å²) in [6, 6.07) is 3.47. The number of aromatic nitrogens is 2. The number of sulfonamides is 1. The van der Waals surface area contributed by atoms with Gasteiger partial charge in [0.2, 0.25) is 10.0 Å². The Bertz CT molecular complexity index is 1000. The van der Waals surface area contributed by atoms with Crippen molar-refractivity contribution >= 4 is 50.4 Å². The topological polar surface area (TPSA) is 109 Å². The number of anilines is 3. The highest BCUT2D eigenvalue weighted by atomic mass is 32.2. The first-order chi connectivity index (χ1) is 13.2. The van der Waals surface area contributed by atoms with Gasteiger partial charge < -0.3 is 15.1 Å². The molecule has 0 aliphatic heterocycles. The first kappa shape index (κ1) is 20.8. The smallest absolute Gasteiger partial charge is 0.250 e. The Morgan fingerprint density at radius 2 is 2.00 bits per heavy atom. The zero-order valence-corrected chi connectivity index (χ0v) is 18.5. The molecule has 0 aliphatic rings. The molecule has 3 aromatic rings. The Hall–Kier alpha value is -1.95. The van der Waals surface area contributed by atoms with Crippen LogP contribution in [0.5, 0.6) is 0 Å². The summed E-state index contributed by atoms with van der Waals surface area (Å²) in [5.74, 6) is 1.15. The second-order valence-corrected chi connectivity index (χ2v) is 10.7. The maximum Gasteiger partial charge on any atom is 0.250 e. The maximum atomic E-state index is 12.1. The van der Waals surface area contributed by atoms with Crippen LogP contribution >= 0.6 is 23.1 Å². The summed E-state index contributed by atoms with van der Waals surface area (Å²) in [6.07, 6.45) is 3.36. The fourth-order valence-corrected chi connectivity index (χ4v) is 5.33. The van der Waals surface area contributed by atoms with E-state index in [0.29, 0.717) is 23.9 Å². The van der Waals surface area contributed by atoms with E-state index in [0.717, 1.165) is 28.6 Å². The van der Waals surface area contributed by atoms with Gasteiger partial charge in [0, 0.05) is 17.5 Å². The third-order valence-corrected chi connectivity index (χ3v) is 7.46. The van der Waals surface area contributed by atoms with Crippen molar-refractivity contribution in [3.63, 3.8) is 0 Å². The van der Waals surface area contributed by atoms with Gasteiger partial charge in [-0.25, -0.2) is 13.1 Å². The number of hydrogen-bond donors (Lipinski definition) is 3. The molecule has 0 amide bonds. The molecule has 11 heteroatoms. The number of nitrogens with one attached hydrogen (secondary N) is 3. The lowest BCUT2D eigenvalue weighted by Gasteiger charge is -2.31. The minimum Gasteiger partial charge on any atom is -0.472 e. The Kier molecular flexibility index (Phi) is 6.08. The lowest BCUT2D eigenvalue weighted by Crippen LogP contribution is -2.25. The monoisotopic (exact) mass is 441 g/mol. The highest BCUT2D eigenvalue weighted by Crippen LogP contribution is 2.38. The van der Waals surface area contributed by atoms with Crippen LogP contribution in [0.2, 0.25) is 0 Å². The molecule has 0 radical (unpaired) electrons. The van der Waals surface area contributed by atoms with E-state index in [4.69, 9.17) is 4.42 Å². The quantitative estimate of drug-likeness (QED) is 0.474. The molecule has 3 N–H and O–H groups in total. The second-order valence-electron chi connectivity index (χ2n) is 7.24. The highest BCUT2D eigenvalue weighted by molar-refractivity contribution is 7.91. The minimum absolute atomic E-state index is 0.0390. The van der Waals surface area contributed by atoms with E-state index in [1.807, 2.05) is 6.07 Å². The fourth-order valence-electron chi connectivity index (χ4n) is 2.66. The lowest BCUT2D eigenvalue weighted by molar-refractivity contribution is 0.345. The van der Waals surface area contributed by atoms with Crippen molar-refractivity contribution in [3.8, 4) is 0 Å². The third-order valence-electron chi connectivity index (χ3n) is 3.95. The molecule has 0 saturated carbocycles. The van der Waals surface area contributed by atoms with Crippen molar-refractivity contribution in [2.45, 2.75) is 37.9 Å². The van der Waals surface area contributed by atoms with Gasteiger partial charge >= 0.3 is 0 Å². The summed E-state index contributed by atoms with van der Waals surface area (Å²) >= 11 is 2.23. The van der Waals surface area contributed by atoms with Crippen LogP contribution in [0.3, 0.4) is 0 Å². The van der Waals surface area contributed by atoms with Gasteiger partial charge in [0.25, 0.3) is 0 Å². The van der Waals surface area contributed by atoms with Crippen molar-refractivity contribution in [2.75, 3.05) is 17.2 Å². The van der Waals surface area contributed by atoms with Gasteiger partial charge in [-0.2, -0.15) is 8.75 Å². The van der Waals surface area contributed by atoms with E-state index in [9.17, 15) is 8.42 Å². The fraction of sp³-hybridized carbons (Fsp3) is 0.412. The summed E-state index contributed by atoms with van der Waals surface area (Å²) in [5, 5.41) is 8.33. The van der Waals surface area contributed by atoms with Crippen LogP contribution in [0.1, 0.15) is 39.3 Å². The lowest BCUT2D eigenvalue weighted by atomic mass is 9.83. The number of thiophene rings is 1. The Morgan fingerprint density at radius 3 is 2.64 bits per heavy atom. The van der Waals surface area contributed by atoms with Gasteiger partial charge in [-0.1, -0.05) is 27.7 Å². The predicted molar refractivity (Wildman–Crippen MR) is 113 cm³/mol. The van der Waals surface area contributed by atoms with Gasteiger partial charge in [-0.05, 0) is 17.5 Å². The largest absolute Gasteiger partial charge is 0.472 e. The van der Waals surface area contributed by atoms with Crippen molar-refractivity contribution in [1.82, 2.24) is 13.5 Å². The summed E-state index contributed by atoms with van der Waals surface area (Å²) in [4.78, 5) is 0. The van der Waals surface area contributed by atoms with Crippen LogP contribution < -0.4 is 15.4 Å². The Morgan fingerprint density at radius 1 is 1.25 bits per heavy atom. The molecule has 0 aromatic carbocycles. The molecule has 3 aromatic heterocycles. The van der Waals surface area contributed by atoms with Crippen molar-refractivity contribution in [3.05, 3.63) is 35.6 Å². The third kappa shape index (κ3) is 4.72. The Balaban J connectivity index is 1.80. The first-order valence-corrected chi connectivity index (χ1v) is 11.8. The number of nitrogens with zero attached hydrogens (tertiary/aromatic N) is 2. The van der Waals surface area contributed by atoms with E-state index in [-0.39, 0.29) is 15.7 Å². The minimum atomic E-state index is -3.48. The molecular formula is C17H23N5O3S3. The number of hydrogen-bond acceptors (Lipinski definition) is 9. The normalized spacial score (nSPS) is 13.4. The number of furan rings is 1. The van der Waals surface area contributed by atoms with Gasteiger partial charge in [-0.15, -0.1) is 11.3 Å². The first-order valence-electron chi connectivity index (χ1n) is 8.67. The summed E-state index contributed by atoms with van der Waals surface area (Å²) in [6.45, 7) is 8.47. The molecular weight excluding hydrogens is 418 g/mol. The average Bonchev–Trinajstić information content (AvgIpc) is 3.34. The zero-order valence-electron chi connectivity index (χ0n) is 16.0. The molecule has 0 unspecified atom stereocenters. The SMILES string of the molecule is CCNS(=O)(=O)c1cc(Nc2nsnc2N[C@@H](c2ccoc2)C(C)(C)C)cs1. The van der Waals surface area contributed by atoms with Crippen molar-refractivity contribution < 1.29 is 12.8 Å². The van der Waals surface area contributed by atoms with E-state index >= 15 is 0 Å². The van der Waals surface area contributed by atoms with Crippen molar-refractivity contribution in [1.29, 1.82) is 0 Å². The van der Waals surface area contributed by atoms with Crippen LogP contribution in [0.4, 0.5) is 17.3 Å². The van der Waals surface area contributed by atoms with Gasteiger partial charge in [0.05, 0.1) is 36.0 Å². The summed E-state index contributed by atoms with van der Waals surface area (Å²) in [7, 11) is -3.48. The zero-order chi connectivity index (χ0) is 20.4. The molecule has 3 heterocycles. The van der Waals surface area contributed by atoms with Gasteiger partial charge in [0.1, 0.15) is 4.21 Å². The van der Waals surface area contributed by atoms with Crippen LogP contribution in [-0.4, -0.2) is 23.7 Å². The molecule has 0 bridgehead atoms. The predicted octanol–water partition coefficient (Wildman–Crippen LogP) is 4.43. The summed E-state index contributed by atoms with van der Waals surface area (Å²) in [5.41, 5.74) is 1.56. The van der Waals surface area contributed by atoms with Crippen LogP contribution in [-0.2, 0) is 10.0 Å². The molecule has 0 saturated heterocycles. The van der Waals surface area contributed by atoms with Gasteiger partial charge in [0.15, 0.2) is 11.6 Å². The molecule has 28 heavy (non-hydrogen) atoms. The van der Waals surface area contributed by atoms with E-state index in [2.05, 4.69) is 44.9 Å². The van der Waals surface area contributed by atoms with Crippen molar-refractivity contribution in [2.24, 2.45) is 5.41 Å². The van der Waals surface area contributed by atoms with E-state index in [1.165, 1.54) is 0 Å². The molecule has 0 aliphatic carbocycles. The molecule has 152 valence electrons. The highest BCUT2D eigenvalue weighted by Gasteiger charge is 2.29. The second kappa shape index (κ2) is 8.19. The van der Waals surface area contributed by atoms with Gasteiger partial charge in [-0.3, -0.25) is 0 Å². The summed E-state index contributed by atoms with van der Waals surface area (Å²) < 4.78 is 40.9. The van der Waals surface area contributed by atoms with E-state index in [1.54, 1.807) is 30.9 Å². The molecule has 3 rings (SSSR count). The molecule has 8 nitrogen and oxygen atoms in total. The molecule has 1 atom stereocenters. The Labute approximate surface area is 172 Å². The molecule has 0 spiro atoms. The average molecular weight is 442 g/mol. The number of rotatable bonds is 8. The van der Waals surface area contributed by atoms with Crippen LogP contribution in [0.25, 0.3) is 0 Å². The van der Waals surface area contributed by atoms with E-state index < -0.39 is 10.0 Å². The molecule has 0 fully saturated rings. The maximum absolute atomic E-state index is 12.1. The standard InChI is InChI=1S/C17H23N5O3S3/c1-5-18-28(23,24)13-8-12(10-26-13)19-15-16(22-27-21-15)20-14(17(2,3)4)11-6-7-25-9-11/h6-10,14,18H,5H2,1-4H3,(H,19,21)(H,20,22)/t14-/m0/s1. The van der Waals surface area contributed by atoms with Crippen LogP contribution in [0.15, 0.2) is 38.7 Å².